The van der Waals surface area contributed by atoms with E-state index in [4.69, 9.17) is 10.8 Å². The van der Waals surface area contributed by atoms with Crippen LogP contribution in [-0.4, -0.2) is 30.3 Å². The van der Waals surface area contributed by atoms with E-state index in [0.717, 1.165) is 0 Å². The van der Waals surface area contributed by atoms with E-state index in [0.29, 0.717) is 0 Å². The fourth-order valence-corrected chi connectivity index (χ4v) is 0.333. The lowest BCUT2D eigenvalue weighted by Crippen LogP contribution is -2.40. The van der Waals surface area contributed by atoms with Gasteiger partial charge in [0.15, 0.2) is 0 Å². The molecule has 0 aliphatic rings. The minimum Gasteiger partial charge on any atom is -0.468 e. The first kappa shape index (κ1) is 8.39. The molecule has 0 aliphatic heterocycles. The Kier molecular flexibility index (Phi) is 3.19. The van der Waals surface area contributed by atoms with E-state index < -0.39 is 18.1 Å². The van der Waals surface area contributed by atoms with Crippen LogP contribution in [0.5, 0.6) is 0 Å². The number of hydrogen-bond acceptors (Lipinski definition) is 4. The van der Waals surface area contributed by atoms with Gasteiger partial charge >= 0.3 is 5.97 Å². The van der Waals surface area contributed by atoms with E-state index >= 15 is 0 Å². The van der Waals surface area contributed by atoms with E-state index in [-0.39, 0.29) is 0 Å². The molecule has 0 aliphatic carbocycles. The van der Waals surface area contributed by atoms with E-state index in [1.54, 1.807) is 0 Å². The van der Waals surface area contributed by atoms with Crippen molar-refractivity contribution in [3.05, 3.63) is 0 Å². The Bertz CT molecular complexity index is 102. The Morgan fingerprint density at radius 2 is 2.22 bits per heavy atom. The number of carbonyl (C=O) groups excluding carboxylic acids is 1. The van der Waals surface area contributed by atoms with Gasteiger partial charge in [-0.15, -0.1) is 0 Å². The van der Waals surface area contributed by atoms with Crippen LogP contribution in [0.2, 0.25) is 0 Å². The highest BCUT2D eigenvalue weighted by Gasteiger charge is 2.18. The van der Waals surface area contributed by atoms with Gasteiger partial charge in [-0.3, -0.25) is 4.79 Å². The monoisotopic (exact) mass is 133 g/mol. The zero-order valence-electron chi connectivity index (χ0n) is 5.50. The number of methoxy groups -OCH3 is 1. The quantitative estimate of drug-likeness (QED) is 0.467. The molecule has 0 saturated heterocycles. The van der Waals surface area contributed by atoms with Crippen LogP contribution in [0.4, 0.5) is 0 Å². The molecule has 0 aromatic carbocycles. The van der Waals surface area contributed by atoms with Gasteiger partial charge in [-0.1, -0.05) is 0 Å². The fraction of sp³-hybridized carbons (Fsp3) is 0.800. The summed E-state index contributed by atoms with van der Waals surface area (Å²) in [6.45, 7) is 1.43. The molecule has 2 atom stereocenters. The summed E-state index contributed by atoms with van der Waals surface area (Å²) in [4.78, 5) is 10.4. The molecule has 0 aromatic heterocycles. The Morgan fingerprint density at radius 1 is 1.78 bits per heavy atom. The summed E-state index contributed by atoms with van der Waals surface area (Å²) < 4.78 is 4.25. The lowest BCUT2D eigenvalue weighted by molar-refractivity contribution is -0.144. The molecule has 0 radical (unpaired) electrons. The molecule has 54 valence electrons. The molecule has 0 bridgehead atoms. The molecule has 0 fully saturated rings. The van der Waals surface area contributed by atoms with Crippen molar-refractivity contribution in [2.75, 3.05) is 7.11 Å². The van der Waals surface area contributed by atoms with Crippen molar-refractivity contribution in [1.29, 1.82) is 0 Å². The van der Waals surface area contributed by atoms with Crippen LogP contribution in [-0.2, 0) is 9.53 Å². The SMILES string of the molecule is COC(=O)C(N)C(C)O. The molecule has 2 unspecified atom stereocenters. The molecule has 0 heterocycles. The van der Waals surface area contributed by atoms with Crippen LogP contribution in [0, 0.1) is 0 Å². The maximum Gasteiger partial charge on any atom is 0.325 e. The van der Waals surface area contributed by atoms with Crippen molar-refractivity contribution in [2.24, 2.45) is 5.73 Å². The average molecular weight is 133 g/mol. The number of ether oxygens (including phenoxy) is 1. The smallest absolute Gasteiger partial charge is 0.325 e. The van der Waals surface area contributed by atoms with Crippen LogP contribution < -0.4 is 5.73 Å². The first-order chi connectivity index (χ1) is 4.09. The van der Waals surface area contributed by atoms with Crippen molar-refractivity contribution >= 4 is 5.97 Å². The molecular weight excluding hydrogens is 122 g/mol. The lowest BCUT2D eigenvalue weighted by atomic mass is 10.2. The van der Waals surface area contributed by atoms with E-state index in [1.807, 2.05) is 0 Å². The van der Waals surface area contributed by atoms with Gasteiger partial charge in [-0.05, 0) is 6.92 Å². The predicted molar refractivity (Wildman–Crippen MR) is 31.7 cm³/mol. The van der Waals surface area contributed by atoms with Crippen molar-refractivity contribution in [3.63, 3.8) is 0 Å². The second kappa shape index (κ2) is 3.42. The zero-order valence-corrected chi connectivity index (χ0v) is 5.50. The number of nitrogens with two attached hydrogens (primary N) is 1. The average Bonchev–Trinajstić information content (AvgIpc) is 1.84. The molecule has 0 saturated carbocycles. The van der Waals surface area contributed by atoms with Crippen LogP contribution in [0.1, 0.15) is 6.92 Å². The summed E-state index contributed by atoms with van der Waals surface area (Å²) in [6, 6.07) is -0.921. The number of carbonyl (C=O) groups is 1. The third kappa shape index (κ3) is 2.43. The highest BCUT2D eigenvalue weighted by molar-refractivity contribution is 5.75. The summed E-state index contributed by atoms with van der Waals surface area (Å²) >= 11 is 0. The summed E-state index contributed by atoms with van der Waals surface area (Å²) in [6.07, 6.45) is -0.850. The first-order valence-corrected chi connectivity index (χ1v) is 2.61. The van der Waals surface area contributed by atoms with Crippen molar-refractivity contribution < 1.29 is 14.6 Å². The maximum absolute atomic E-state index is 10.4. The highest BCUT2D eigenvalue weighted by atomic mass is 16.5. The van der Waals surface area contributed by atoms with Gasteiger partial charge in [0.1, 0.15) is 6.04 Å². The first-order valence-electron chi connectivity index (χ1n) is 2.61. The molecule has 4 nitrogen and oxygen atoms in total. The third-order valence-electron chi connectivity index (χ3n) is 0.993. The van der Waals surface area contributed by atoms with Gasteiger partial charge < -0.3 is 15.6 Å². The Hall–Kier alpha value is -0.610. The van der Waals surface area contributed by atoms with E-state index in [9.17, 15) is 4.79 Å². The van der Waals surface area contributed by atoms with Gasteiger partial charge in [0.25, 0.3) is 0 Å². The van der Waals surface area contributed by atoms with E-state index in [2.05, 4.69) is 4.74 Å². The number of rotatable bonds is 2. The normalized spacial score (nSPS) is 16.4. The number of aliphatic hydroxyl groups excluding tert-OH is 1. The Morgan fingerprint density at radius 3 is 2.33 bits per heavy atom. The topological polar surface area (TPSA) is 72.5 Å². The van der Waals surface area contributed by atoms with Crippen LogP contribution in [0.15, 0.2) is 0 Å². The fourth-order valence-electron chi connectivity index (χ4n) is 0.333. The summed E-state index contributed by atoms with van der Waals surface area (Å²) in [7, 11) is 1.23. The Balaban J connectivity index is 3.72. The van der Waals surface area contributed by atoms with E-state index in [1.165, 1.54) is 14.0 Å². The van der Waals surface area contributed by atoms with Crippen LogP contribution in [0.3, 0.4) is 0 Å². The molecule has 0 amide bonds. The number of esters is 1. The van der Waals surface area contributed by atoms with Gasteiger partial charge in [-0.25, -0.2) is 0 Å². The van der Waals surface area contributed by atoms with Gasteiger partial charge in [0.2, 0.25) is 0 Å². The number of hydrogen-bond donors (Lipinski definition) is 2. The van der Waals surface area contributed by atoms with Crippen LogP contribution in [0.25, 0.3) is 0 Å². The van der Waals surface area contributed by atoms with Crippen molar-refractivity contribution in [1.82, 2.24) is 0 Å². The minimum absolute atomic E-state index is 0.593. The second-order valence-electron chi connectivity index (χ2n) is 1.79. The number of aliphatic hydroxyl groups is 1. The van der Waals surface area contributed by atoms with Gasteiger partial charge in [-0.2, -0.15) is 0 Å². The Labute approximate surface area is 53.6 Å². The standard InChI is InChI=1S/C5H11NO3/c1-3(7)4(6)5(8)9-2/h3-4,7H,6H2,1-2H3. The minimum atomic E-state index is -0.921. The largest absolute Gasteiger partial charge is 0.468 e. The molecule has 0 rings (SSSR count). The maximum atomic E-state index is 10.4. The zero-order chi connectivity index (χ0) is 7.44. The predicted octanol–water partition coefficient (Wildman–Crippen LogP) is -1.13. The molecule has 4 heteroatoms. The molecule has 0 spiro atoms. The third-order valence-corrected chi connectivity index (χ3v) is 0.993. The second-order valence-corrected chi connectivity index (χ2v) is 1.79. The van der Waals surface area contributed by atoms with Crippen molar-refractivity contribution in [2.45, 2.75) is 19.1 Å². The van der Waals surface area contributed by atoms with Crippen molar-refractivity contribution in [3.8, 4) is 0 Å². The molecular formula is C5H11NO3. The summed E-state index contributed by atoms with van der Waals surface area (Å²) in [5, 5.41) is 8.70. The highest BCUT2D eigenvalue weighted by Crippen LogP contribution is 1.89. The molecule has 3 N–H and O–H groups in total. The van der Waals surface area contributed by atoms with Gasteiger partial charge in [0.05, 0.1) is 13.2 Å². The van der Waals surface area contributed by atoms with Crippen LogP contribution >= 0.6 is 0 Å². The lowest BCUT2D eigenvalue weighted by Gasteiger charge is -2.10. The van der Waals surface area contributed by atoms with Gasteiger partial charge in [0, 0.05) is 0 Å². The summed E-state index contributed by atoms with van der Waals surface area (Å²) in [5.74, 6) is -0.593. The molecule has 0 aromatic rings. The molecule has 9 heavy (non-hydrogen) atoms. The summed E-state index contributed by atoms with van der Waals surface area (Å²) in [5.41, 5.74) is 5.15.